The van der Waals surface area contributed by atoms with Gasteiger partial charge in [0.05, 0.1) is 0 Å². The van der Waals surface area contributed by atoms with Gasteiger partial charge in [0.1, 0.15) is 4.90 Å². The van der Waals surface area contributed by atoms with E-state index in [0.717, 1.165) is 29.3 Å². The van der Waals surface area contributed by atoms with Crippen LogP contribution in [0.15, 0.2) is 29.2 Å². The first-order valence-electron chi connectivity index (χ1n) is 6.88. The normalized spacial score (nSPS) is 14.8. The van der Waals surface area contributed by atoms with Gasteiger partial charge < -0.3 is 5.32 Å². The number of benzene rings is 1. The van der Waals surface area contributed by atoms with Crippen LogP contribution >= 0.6 is 11.3 Å². The largest absolute Gasteiger partial charge is 0.312 e. The summed E-state index contributed by atoms with van der Waals surface area (Å²) >= 11 is 1.50. The van der Waals surface area contributed by atoms with Crippen molar-refractivity contribution in [2.24, 2.45) is 0 Å². The molecule has 1 aromatic heterocycles. The summed E-state index contributed by atoms with van der Waals surface area (Å²) in [6.45, 7) is 5.52. The van der Waals surface area contributed by atoms with Gasteiger partial charge in [0, 0.05) is 22.0 Å². The van der Waals surface area contributed by atoms with Gasteiger partial charge in [-0.1, -0.05) is 6.07 Å². The van der Waals surface area contributed by atoms with E-state index in [0.29, 0.717) is 10.6 Å². The van der Waals surface area contributed by atoms with Gasteiger partial charge >= 0.3 is 0 Å². The van der Waals surface area contributed by atoms with Gasteiger partial charge in [0.15, 0.2) is 0 Å². The Balaban J connectivity index is 1.90. The van der Waals surface area contributed by atoms with Gasteiger partial charge in [-0.15, -0.1) is 11.3 Å². The molecule has 0 saturated heterocycles. The first-order valence-corrected chi connectivity index (χ1v) is 9.18. The highest BCUT2D eigenvalue weighted by molar-refractivity contribution is 7.93. The molecule has 1 aliphatic heterocycles. The number of aryl methyl sites for hydroxylation is 2. The number of thiophene rings is 1. The molecule has 0 amide bonds. The summed E-state index contributed by atoms with van der Waals surface area (Å²) in [4.78, 5) is 2.20. The predicted molar refractivity (Wildman–Crippen MR) is 86.5 cm³/mol. The summed E-state index contributed by atoms with van der Waals surface area (Å²) in [6, 6.07) is 7.51. The number of nitrogens with one attached hydrogen (secondary N) is 2. The van der Waals surface area contributed by atoms with Gasteiger partial charge in [0.25, 0.3) is 10.0 Å². The topological polar surface area (TPSA) is 58.2 Å². The molecule has 2 heterocycles. The second-order valence-electron chi connectivity index (χ2n) is 5.29. The fraction of sp³-hybridized carbons (Fsp3) is 0.333. The highest BCUT2D eigenvalue weighted by Gasteiger charge is 2.20. The van der Waals surface area contributed by atoms with Crippen molar-refractivity contribution in [2.45, 2.75) is 31.7 Å². The average Bonchev–Trinajstić information content (AvgIpc) is 2.78. The van der Waals surface area contributed by atoms with Crippen LogP contribution in [0.25, 0.3) is 0 Å². The van der Waals surface area contributed by atoms with Crippen molar-refractivity contribution < 1.29 is 8.42 Å². The molecule has 0 radical (unpaired) electrons. The zero-order valence-electron chi connectivity index (χ0n) is 12.1. The number of anilines is 1. The molecule has 2 N–H and O–H groups in total. The van der Waals surface area contributed by atoms with Crippen molar-refractivity contribution in [1.82, 2.24) is 5.32 Å². The molecular weight excluding hydrogens is 304 g/mol. The van der Waals surface area contributed by atoms with E-state index in [1.54, 1.807) is 6.07 Å². The quantitative estimate of drug-likeness (QED) is 0.913. The highest BCUT2D eigenvalue weighted by atomic mass is 32.2. The zero-order chi connectivity index (χ0) is 15.0. The Kier molecular flexibility index (Phi) is 3.77. The summed E-state index contributed by atoms with van der Waals surface area (Å²) in [6.07, 6.45) is 0.991. The lowest BCUT2D eigenvalue weighted by Crippen LogP contribution is -2.23. The Labute approximate surface area is 129 Å². The maximum Gasteiger partial charge on any atom is 0.262 e. The fourth-order valence-corrected chi connectivity index (χ4v) is 5.23. The molecular formula is C15H18N2O2S2. The summed E-state index contributed by atoms with van der Waals surface area (Å²) in [5.41, 5.74) is 3.08. The minimum absolute atomic E-state index is 0.376. The second kappa shape index (κ2) is 5.44. The van der Waals surface area contributed by atoms with Crippen LogP contribution in [-0.4, -0.2) is 15.0 Å². The summed E-state index contributed by atoms with van der Waals surface area (Å²) in [7, 11) is -3.51. The van der Waals surface area contributed by atoms with Crippen LogP contribution in [0.1, 0.15) is 20.9 Å². The third kappa shape index (κ3) is 2.97. The first kappa shape index (κ1) is 14.6. The van der Waals surface area contributed by atoms with Crippen molar-refractivity contribution in [2.75, 3.05) is 11.3 Å². The Hall–Kier alpha value is -1.37. The van der Waals surface area contributed by atoms with E-state index in [4.69, 9.17) is 0 Å². The molecule has 2 aromatic rings. The van der Waals surface area contributed by atoms with Crippen molar-refractivity contribution in [3.63, 3.8) is 0 Å². The lowest BCUT2D eigenvalue weighted by Gasteiger charge is -2.18. The Bertz CT molecular complexity index is 779. The number of rotatable bonds is 3. The number of fused-ring (bicyclic) bond motifs is 1. The third-order valence-corrected chi connectivity index (χ3v) is 6.23. The van der Waals surface area contributed by atoms with E-state index in [2.05, 4.69) is 10.0 Å². The van der Waals surface area contributed by atoms with Crippen LogP contribution in [0.3, 0.4) is 0 Å². The molecule has 6 heteroatoms. The lowest BCUT2D eigenvalue weighted by molar-refractivity contribution is 0.601. The highest BCUT2D eigenvalue weighted by Crippen LogP contribution is 2.27. The zero-order valence-corrected chi connectivity index (χ0v) is 13.7. The molecule has 1 aromatic carbocycles. The van der Waals surface area contributed by atoms with Crippen molar-refractivity contribution in [1.29, 1.82) is 0 Å². The molecule has 0 saturated carbocycles. The maximum atomic E-state index is 12.5. The van der Waals surface area contributed by atoms with Gasteiger partial charge in [-0.05, 0) is 56.1 Å². The van der Waals surface area contributed by atoms with E-state index in [9.17, 15) is 8.42 Å². The van der Waals surface area contributed by atoms with Crippen LogP contribution in [0.2, 0.25) is 0 Å². The van der Waals surface area contributed by atoms with Crippen molar-refractivity contribution in [3.8, 4) is 0 Å². The smallest absolute Gasteiger partial charge is 0.262 e. The van der Waals surface area contributed by atoms with Crippen molar-refractivity contribution in [3.05, 3.63) is 45.1 Å². The summed E-state index contributed by atoms with van der Waals surface area (Å²) < 4.78 is 27.7. The summed E-state index contributed by atoms with van der Waals surface area (Å²) in [5.74, 6) is 0. The minimum Gasteiger partial charge on any atom is -0.312 e. The molecule has 0 atom stereocenters. The SMILES string of the molecule is Cc1cc(S(=O)(=O)Nc2ccc3c(c2)CNCC3)c(C)s1. The molecule has 112 valence electrons. The molecule has 0 bridgehead atoms. The summed E-state index contributed by atoms with van der Waals surface area (Å²) in [5, 5.41) is 3.30. The monoisotopic (exact) mass is 322 g/mol. The minimum atomic E-state index is -3.51. The molecule has 0 unspecified atom stereocenters. The van der Waals surface area contributed by atoms with Gasteiger partial charge in [-0.2, -0.15) is 0 Å². The van der Waals surface area contributed by atoms with Crippen LogP contribution in [0, 0.1) is 13.8 Å². The van der Waals surface area contributed by atoms with E-state index in [1.807, 2.05) is 32.0 Å². The van der Waals surface area contributed by atoms with Crippen LogP contribution in [-0.2, 0) is 23.0 Å². The second-order valence-corrected chi connectivity index (χ2v) is 8.40. The van der Waals surface area contributed by atoms with Crippen LogP contribution in [0.5, 0.6) is 0 Å². The van der Waals surface area contributed by atoms with Crippen LogP contribution < -0.4 is 10.0 Å². The standard InChI is InChI=1S/C15H18N2O2S2/c1-10-7-15(11(2)20-10)21(18,19)17-14-4-3-12-5-6-16-9-13(12)8-14/h3-4,7-8,16-17H,5-6,9H2,1-2H3. The van der Waals surface area contributed by atoms with E-state index < -0.39 is 10.0 Å². The average molecular weight is 322 g/mol. The molecule has 3 rings (SSSR count). The van der Waals surface area contributed by atoms with Crippen LogP contribution in [0.4, 0.5) is 5.69 Å². The van der Waals surface area contributed by atoms with Gasteiger partial charge in [-0.25, -0.2) is 8.42 Å². The molecule has 0 spiro atoms. The third-order valence-electron chi connectivity index (χ3n) is 3.63. The maximum absolute atomic E-state index is 12.5. The molecule has 0 fully saturated rings. The molecule has 21 heavy (non-hydrogen) atoms. The lowest BCUT2D eigenvalue weighted by atomic mass is 10.0. The van der Waals surface area contributed by atoms with E-state index in [-0.39, 0.29) is 0 Å². The first-order chi connectivity index (χ1) is 9.95. The van der Waals surface area contributed by atoms with Gasteiger partial charge in [0.2, 0.25) is 0 Å². The Morgan fingerprint density at radius 1 is 1.19 bits per heavy atom. The van der Waals surface area contributed by atoms with E-state index >= 15 is 0 Å². The van der Waals surface area contributed by atoms with Crippen molar-refractivity contribution >= 4 is 27.0 Å². The number of hydrogen-bond acceptors (Lipinski definition) is 4. The molecule has 0 aliphatic carbocycles. The number of hydrogen-bond donors (Lipinski definition) is 2. The Morgan fingerprint density at radius 3 is 2.71 bits per heavy atom. The number of sulfonamides is 1. The molecule has 4 nitrogen and oxygen atoms in total. The fourth-order valence-electron chi connectivity index (χ4n) is 2.63. The molecule has 1 aliphatic rings. The van der Waals surface area contributed by atoms with Gasteiger partial charge in [-0.3, -0.25) is 4.72 Å². The predicted octanol–water partition coefficient (Wildman–Crippen LogP) is 2.81. The Morgan fingerprint density at radius 2 is 2.00 bits per heavy atom. The van der Waals surface area contributed by atoms with E-state index in [1.165, 1.54) is 22.5 Å².